The van der Waals surface area contributed by atoms with Crippen LogP contribution in [-0.2, 0) is 6.54 Å². The Morgan fingerprint density at radius 1 is 1.23 bits per heavy atom. The van der Waals surface area contributed by atoms with Crippen molar-refractivity contribution < 1.29 is 15.0 Å². The van der Waals surface area contributed by atoms with Crippen LogP contribution in [0.5, 0.6) is 0 Å². The highest BCUT2D eigenvalue weighted by molar-refractivity contribution is 7.16. The van der Waals surface area contributed by atoms with Crippen molar-refractivity contribution >= 4 is 50.9 Å². The molecule has 1 aliphatic rings. The molecule has 1 saturated carbocycles. The molecule has 0 radical (unpaired) electrons. The molecule has 1 aliphatic carbocycles. The van der Waals surface area contributed by atoms with Crippen LogP contribution < -0.4 is 5.32 Å². The van der Waals surface area contributed by atoms with Crippen LogP contribution in [0.2, 0.25) is 10.0 Å². The van der Waals surface area contributed by atoms with Gasteiger partial charge in [0.05, 0.1) is 10.0 Å². The molecule has 2 aromatic heterocycles. The summed E-state index contributed by atoms with van der Waals surface area (Å²) in [4.78, 5) is 19.1. The maximum atomic E-state index is 8.56. The van der Waals surface area contributed by atoms with Gasteiger partial charge in [-0.05, 0) is 54.3 Å². The van der Waals surface area contributed by atoms with Crippen LogP contribution in [0.1, 0.15) is 43.5 Å². The van der Waals surface area contributed by atoms with Crippen molar-refractivity contribution in [3.05, 3.63) is 57.3 Å². The Bertz CT molecular complexity index is 1010. The number of hydrogen-bond acceptors (Lipinski definition) is 5. The lowest BCUT2D eigenvalue weighted by Crippen LogP contribution is -2.38. The first-order chi connectivity index (χ1) is 14.3. The van der Waals surface area contributed by atoms with Gasteiger partial charge in [0.15, 0.2) is 0 Å². The van der Waals surface area contributed by atoms with Gasteiger partial charge in [0.2, 0.25) is 0 Å². The van der Waals surface area contributed by atoms with E-state index >= 15 is 0 Å². The van der Waals surface area contributed by atoms with Crippen molar-refractivity contribution in [2.24, 2.45) is 5.92 Å². The number of carbonyl (C=O) groups is 1. The molecule has 6 nitrogen and oxygen atoms in total. The van der Waals surface area contributed by atoms with Gasteiger partial charge < -0.3 is 15.5 Å². The van der Waals surface area contributed by atoms with E-state index in [9.17, 15) is 0 Å². The Labute approximate surface area is 188 Å². The van der Waals surface area contributed by atoms with Gasteiger partial charge in [-0.3, -0.25) is 0 Å². The minimum absolute atomic E-state index is 0.458. The summed E-state index contributed by atoms with van der Waals surface area (Å²) < 4.78 is 0. The predicted molar refractivity (Wildman–Crippen MR) is 121 cm³/mol. The van der Waals surface area contributed by atoms with Gasteiger partial charge in [-0.15, -0.1) is 11.3 Å². The molecule has 0 amide bonds. The van der Waals surface area contributed by atoms with Gasteiger partial charge in [-0.1, -0.05) is 36.2 Å². The zero-order chi connectivity index (χ0) is 21.7. The number of aromatic nitrogens is 2. The quantitative estimate of drug-likeness (QED) is 0.417. The highest BCUT2D eigenvalue weighted by Gasteiger charge is 2.29. The van der Waals surface area contributed by atoms with Crippen molar-refractivity contribution in [3.8, 4) is 0 Å². The molecule has 3 N–H and O–H groups in total. The Kier molecular flexibility index (Phi) is 7.88. The number of thiophene rings is 1. The van der Waals surface area contributed by atoms with Crippen LogP contribution in [0.15, 0.2) is 35.8 Å². The molecule has 0 aliphatic heterocycles. The number of nitrogens with zero attached hydrogens (tertiary/aromatic N) is 2. The van der Waals surface area contributed by atoms with E-state index in [4.69, 9.17) is 43.2 Å². The second-order valence-electron chi connectivity index (χ2n) is 7.41. The molecule has 30 heavy (non-hydrogen) atoms. The number of fused-ring (bicyclic) bond motifs is 1. The third-order valence-corrected chi connectivity index (χ3v) is 6.87. The Balaban J connectivity index is 0.000000589. The number of rotatable bonds is 4. The average Bonchev–Trinajstić information content (AvgIpc) is 3.17. The predicted octanol–water partition coefficient (Wildman–Crippen LogP) is 6.28. The third kappa shape index (κ3) is 6.04. The fraction of sp³-hybridized carbons (Fsp3) is 0.381. The molecule has 1 aromatic carbocycles. The van der Waals surface area contributed by atoms with Gasteiger partial charge >= 0.3 is 6.16 Å². The lowest BCUT2D eigenvalue weighted by atomic mass is 9.78. The zero-order valence-corrected chi connectivity index (χ0v) is 18.7. The molecule has 3 aromatic rings. The van der Waals surface area contributed by atoms with Crippen LogP contribution >= 0.6 is 34.5 Å². The van der Waals surface area contributed by atoms with E-state index in [0.717, 1.165) is 41.8 Å². The average molecular weight is 468 g/mol. The highest BCUT2D eigenvalue weighted by Crippen LogP contribution is 2.35. The second-order valence-corrected chi connectivity index (χ2v) is 9.12. The molecular weight excluding hydrogens is 445 g/mol. The summed E-state index contributed by atoms with van der Waals surface area (Å²) in [7, 11) is 0. The molecule has 3 unspecified atom stereocenters. The van der Waals surface area contributed by atoms with Crippen LogP contribution in [-0.4, -0.2) is 32.4 Å². The van der Waals surface area contributed by atoms with Crippen LogP contribution in [0.25, 0.3) is 10.2 Å². The first kappa shape index (κ1) is 22.7. The van der Waals surface area contributed by atoms with E-state index in [0.29, 0.717) is 27.9 Å². The Morgan fingerprint density at radius 3 is 2.70 bits per heavy atom. The minimum atomic E-state index is -1.83. The van der Waals surface area contributed by atoms with E-state index in [-0.39, 0.29) is 0 Å². The van der Waals surface area contributed by atoms with Crippen molar-refractivity contribution in [1.82, 2.24) is 15.3 Å². The Morgan fingerprint density at radius 2 is 2.00 bits per heavy atom. The molecule has 0 spiro atoms. The maximum Gasteiger partial charge on any atom is 0.503 e. The van der Waals surface area contributed by atoms with Crippen LogP contribution in [0.4, 0.5) is 4.79 Å². The molecule has 0 bridgehead atoms. The summed E-state index contributed by atoms with van der Waals surface area (Å²) in [5.74, 6) is 2.05. The smallest absolute Gasteiger partial charge is 0.450 e. The highest BCUT2D eigenvalue weighted by atomic mass is 35.5. The van der Waals surface area contributed by atoms with Crippen molar-refractivity contribution in [2.45, 2.75) is 44.7 Å². The lowest BCUT2D eigenvalue weighted by molar-refractivity contribution is 0.137. The van der Waals surface area contributed by atoms with E-state index in [1.54, 1.807) is 11.3 Å². The summed E-state index contributed by atoms with van der Waals surface area (Å²) in [6.45, 7) is 3.14. The molecule has 9 heteroatoms. The fourth-order valence-corrected chi connectivity index (χ4v) is 4.87. The van der Waals surface area contributed by atoms with Crippen molar-refractivity contribution in [3.63, 3.8) is 0 Å². The van der Waals surface area contributed by atoms with E-state index in [2.05, 4.69) is 28.7 Å². The topological polar surface area (TPSA) is 95.3 Å². The number of hydrogen-bond donors (Lipinski definition) is 3. The summed E-state index contributed by atoms with van der Waals surface area (Å²) >= 11 is 13.8. The summed E-state index contributed by atoms with van der Waals surface area (Å²) in [5.41, 5.74) is 1.17. The van der Waals surface area contributed by atoms with Crippen LogP contribution in [0.3, 0.4) is 0 Å². The summed E-state index contributed by atoms with van der Waals surface area (Å²) in [6, 6.07) is 8.42. The van der Waals surface area contributed by atoms with Gasteiger partial charge in [0.25, 0.3) is 0 Å². The molecule has 3 atom stereocenters. The number of benzene rings is 1. The molecular formula is C21H23Cl2N3O3S. The Hall–Kier alpha value is -1.93. The maximum absolute atomic E-state index is 8.56. The summed E-state index contributed by atoms with van der Waals surface area (Å²) in [5, 5.41) is 22.1. The molecule has 1 fully saturated rings. The largest absolute Gasteiger partial charge is 0.503 e. The minimum Gasteiger partial charge on any atom is -0.450 e. The fourth-order valence-electron chi connectivity index (χ4n) is 3.80. The second kappa shape index (κ2) is 10.4. The van der Waals surface area contributed by atoms with Crippen molar-refractivity contribution in [2.75, 3.05) is 0 Å². The number of carboxylic acid groups (broad SMARTS) is 2. The summed E-state index contributed by atoms with van der Waals surface area (Å²) in [6.07, 6.45) is 3.52. The van der Waals surface area contributed by atoms with Crippen LogP contribution in [0, 0.1) is 5.92 Å². The number of halogens is 2. The lowest BCUT2D eigenvalue weighted by Gasteiger charge is -2.34. The van der Waals surface area contributed by atoms with Gasteiger partial charge in [-0.2, -0.15) is 0 Å². The van der Waals surface area contributed by atoms with Gasteiger partial charge in [-0.25, -0.2) is 14.8 Å². The monoisotopic (exact) mass is 467 g/mol. The third-order valence-electron chi connectivity index (χ3n) is 5.31. The van der Waals surface area contributed by atoms with E-state index in [1.807, 2.05) is 24.4 Å². The molecule has 160 valence electrons. The van der Waals surface area contributed by atoms with Gasteiger partial charge in [0, 0.05) is 30.1 Å². The first-order valence-electron chi connectivity index (χ1n) is 9.62. The first-order valence-corrected chi connectivity index (χ1v) is 11.3. The van der Waals surface area contributed by atoms with Crippen molar-refractivity contribution in [1.29, 1.82) is 0 Å². The van der Waals surface area contributed by atoms with E-state index in [1.165, 1.54) is 5.56 Å². The molecule has 4 rings (SSSR count). The van der Waals surface area contributed by atoms with Gasteiger partial charge in [0.1, 0.15) is 10.7 Å². The number of nitrogens with one attached hydrogen (secondary N) is 1. The molecule has 2 heterocycles. The normalized spacial score (nSPS) is 21.1. The van der Waals surface area contributed by atoms with E-state index < -0.39 is 6.16 Å². The standard InChI is InChI=1S/C20H21Cl2N3S.CH2O3/c1-12-8-14(19-24-11-15-6-7-26-20(15)25-19)3-5-18(12)23-10-13-2-4-16(21)17(22)9-13;2-1(3)4/h2,4,6-7,9,11-12,14,18,23H,3,5,8,10H2,1H3;(H2,2,3,4). The molecule has 0 saturated heterocycles. The zero-order valence-electron chi connectivity index (χ0n) is 16.4. The SMILES string of the molecule is CC1CC(c2ncc3ccsc3n2)CCC1NCc1ccc(Cl)c(Cl)c1.O=C(O)O.